The molecule has 0 aliphatic rings. The van der Waals surface area contributed by atoms with Gasteiger partial charge in [0.25, 0.3) is 0 Å². The molecule has 100 valence electrons. The number of nitrogens with one attached hydrogen (secondary N) is 1. The first-order valence-electron chi connectivity index (χ1n) is 6.01. The molecule has 0 unspecified atom stereocenters. The molecule has 2 nitrogen and oxygen atoms in total. The molecule has 0 fully saturated rings. The molecule has 0 saturated carbocycles. The zero-order valence-corrected chi connectivity index (χ0v) is 12.5. The van der Waals surface area contributed by atoms with Gasteiger partial charge in [-0.05, 0) is 35.9 Å². The van der Waals surface area contributed by atoms with Gasteiger partial charge in [0.15, 0.2) is 0 Å². The lowest BCUT2D eigenvalue weighted by Crippen LogP contribution is -2.12. The number of halogens is 2. The van der Waals surface area contributed by atoms with Crippen LogP contribution in [0.1, 0.15) is 5.56 Å². The van der Waals surface area contributed by atoms with E-state index in [1.54, 1.807) is 12.1 Å². The van der Waals surface area contributed by atoms with Crippen LogP contribution in [0, 0.1) is 5.82 Å². The van der Waals surface area contributed by atoms with Crippen LogP contribution in [0.5, 0.6) is 0 Å². The summed E-state index contributed by atoms with van der Waals surface area (Å²) in [6.07, 6.45) is 0. The van der Waals surface area contributed by atoms with Gasteiger partial charge in [-0.2, -0.15) is 0 Å². The molecular formula is C15H16BrFN2. The zero-order chi connectivity index (χ0) is 13.8. The number of hydrogen-bond donors (Lipinski definition) is 1. The first kappa shape index (κ1) is 13.9. The molecule has 2 aromatic rings. The first-order chi connectivity index (χ1) is 9.06. The maximum absolute atomic E-state index is 13.1. The second-order valence-corrected chi connectivity index (χ2v) is 5.46. The van der Waals surface area contributed by atoms with Crippen molar-refractivity contribution in [2.24, 2.45) is 0 Å². The van der Waals surface area contributed by atoms with Crippen LogP contribution >= 0.6 is 15.9 Å². The zero-order valence-electron chi connectivity index (χ0n) is 11.0. The van der Waals surface area contributed by atoms with Crippen LogP contribution in [0.3, 0.4) is 0 Å². The first-order valence-corrected chi connectivity index (χ1v) is 6.81. The van der Waals surface area contributed by atoms with E-state index < -0.39 is 0 Å². The molecule has 0 saturated heterocycles. The number of anilines is 2. The average Bonchev–Trinajstić information content (AvgIpc) is 2.36. The second kappa shape index (κ2) is 6.06. The second-order valence-electron chi connectivity index (χ2n) is 4.54. The van der Waals surface area contributed by atoms with Gasteiger partial charge in [-0.15, -0.1) is 0 Å². The van der Waals surface area contributed by atoms with Crippen LogP contribution in [0.15, 0.2) is 46.9 Å². The fourth-order valence-corrected chi connectivity index (χ4v) is 2.25. The van der Waals surface area contributed by atoms with Crippen molar-refractivity contribution in [3.63, 3.8) is 0 Å². The highest BCUT2D eigenvalue weighted by molar-refractivity contribution is 9.10. The Balaban J connectivity index is 2.17. The van der Waals surface area contributed by atoms with Gasteiger partial charge in [-0.3, -0.25) is 0 Å². The normalized spacial score (nSPS) is 10.3. The van der Waals surface area contributed by atoms with Crippen LogP contribution < -0.4 is 10.2 Å². The molecule has 2 aromatic carbocycles. The standard InChI is InChI=1S/C15H16BrFN2/c1-19(2)15-7-6-12(16)9-14(15)18-10-11-4-3-5-13(17)8-11/h3-9,18H,10H2,1-2H3. The summed E-state index contributed by atoms with van der Waals surface area (Å²) in [4.78, 5) is 2.04. The van der Waals surface area contributed by atoms with Crippen LogP contribution in [-0.4, -0.2) is 14.1 Å². The molecule has 0 heterocycles. The van der Waals surface area contributed by atoms with Crippen molar-refractivity contribution in [1.82, 2.24) is 0 Å². The molecule has 0 radical (unpaired) electrons. The molecular weight excluding hydrogens is 307 g/mol. The number of nitrogens with zero attached hydrogens (tertiary/aromatic N) is 1. The summed E-state index contributed by atoms with van der Waals surface area (Å²) in [6, 6.07) is 12.7. The predicted octanol–water partition coefficient (Wildman–Crippen LogP) is 4.27. The minimum atomic E-state index is -0.207. The summed E-state index contributed by atoms with van der Waals surface area (Å²) in [5.74, 6) is -0.207. The highest BCUT2D eigenvalue weighted by atomic mass is 79.9. The molecule has 0 aromatic heterocycles. The van der Waals surface area contributed by atoms with Gasteiger partial charge in [-0.25, -0.2) is 4.39 Å². The van der Waals surface area contributed by atoms with Gasteiger partial charge >= 0.3 is 0 Å². The van der Waals surface area contributed by atoms with Gasteiger partial charge in [0.1, 0.15) is 5.82 Å². The molecule has 19 heavy (non-hydrogen) atoms. The Hall–Kier alpha value is -1.55. The fraction of sp³-hybridized carbons (Fsp3) is 0.200. The van der Waals surface area contributed by atoms with E-state index in [0.717, 1.165) is 21.4 Å². The fourth-order valence-electron chi connectivity index (χ4n) is 1.88. The topological polar surface area (TPSA) is 15.3 Å². The Bertz CT molecular complexity index is 570. The van der Waals surface area contributed by atoms with Gasteiger partial charge in [0, 0.05) is 25.1 Å². The van der Waals surface area contributed by atoms with Gasteiger partial charge < -0.3 is 10.2 Å². The molecule has 0 aliphatic carbocycles. The monoisotopic (exact) mass is 322 g/mol. The van der Waals surface area contributed by atoms with Crippen LogP contribution in [0.4, 0.5) is 15.8 Å². The third-order valence-corrected chi connectivity index (χ3v) is 3.31. The molecule has 0 bridgehead atoms. The molecule has 1 N–H and O–H groups in total. The Kier molecular flexibility index (Phi) is 4.43. The van der Waals surface area contributed by atoms with Crippen molar-refractivity contribution in [1.29, 1.82) is 0 Å². The average molecular weight is 323 g/mol. The van der Waals surface area contributed by atoms with Crippen molar-refractivity contribution in [2.75, 3.05) is 24.3 Å². The summed E-state index contributed by atoms with van der Waals surface area (Å²) in [7, 11) is 3.99. The molecule has 4 heteroatoms. The van der Waals surface area contributed by atoms with Gasteiger partial charge in [0.2, 0.25) is 0 Å². The molecule has 0 atom stereocenters. The third kappa shape index (κ3) is 3.70. The number of benzene rings is 2. The molecule has 0 amide bonds. The van der Waals surface area contributed by atoms with Crippen molar-refractivity contribution >= 4 is 27.3 Å². The maximum Gasteiger partial charge on any atom is 0.123 e. The lowest BCUT2D eigenvalue weighted by Gasteiger charge is -2.19. The quantitative estimate of drug-likeness (QED) is 0.904. The Morgan fingerprint density at radius 1 is 1.16 bits per heavy atom. The van der Waals surface area contributed by atoms with Crippen molar-refractivity contribution in [3.05, 3.63) is 58.3 Å². The summed E-state index contributed by atoms with van der Waals surface area (Å²) in [5.41, 5.74) is 3.04. The Labute approximate surface area is 121 Å². The van der Waals surface area contributed by atoms with Crippen molar-refractivity contribution in [2.45, 2.75) is 6.54 Å². The van der Waals surface area contributed by atoms with Crippen molar-refractivity contribution < 1.29 is 4.39 Å². The molecule has 0 aliphatic heterocycles. The van der Waals surface area contributed by atoms with Gasteiger partial charge in [0.05, 0.1) is 11.4 Å². The summed E-state index contributed by atoms with van der Waals surface area (Å²) in [5, 5.41) is 3.34. The summed E-state index contributed by atoms with van der Waals surface area (Å²) >= 11 is 3.46. The van der Waals surface area contributed by atoms with Crippen LogP contribution in [0.2, 0.25) is 0 Å². The minimum Gasteiger partial charge on any atom is -0.379 e. The van der Waals surface area contributed by atoms with Crippen LogP contribution in [0.25, 0.3) is 0 Å². The van der Waals surface area contributed by atoms with E-state index in [9.17, 15) is 4.39 Å². The summed E-state index contributed by atoms with van der Waals surface area (Å²) in [6.45, 7) is 0.592. The van der Waals surface area contributed by atoms with E-state index in [1.165, 1.54) is 6.07 Å². The van der Waals surface area contributed by atoms with E-state index in [4.69, 9.17) is 0 Å². The number of rotatable bonds is 4. The predicted molar refractivity (Wildman–Crippen MR) is 82.2 cm³/mol. The van der Waals surface area contributed by atoms with E-state index >= 15 is 0 Å². The highest BCUT2D eigenvalue weighted by Gasteiger charge is 2.05. The summed E-state index contributed by atoms with van der Waals surface area (Å²) < 4.78 is 14.1. The minimum absolute atomic E-state index is 0.207. The highest BCUT2D eigenvalue weighted by Crippen LogP contribution is 2.28. The smallest absolute Gasteiger partial charge is 0.123 e. The number of hydrogen-bond acceptors (Lipinski definition) is 2. The molecule has 2 rings (SSSR count). The van der Waals surface area contributed by atoms with Crippen molar-refractivity contribution in [3.8, 4) is 0 Å². The SMILES string of the molecule is CN(C)c1ccc(Br)cc1NCc1cccc(F)c1. The Morgan fingerprint density at radius 2 is 1.95 bits per heavy atom. The van der Waals surface area contributed by atoms with E-state index in [-0.39, 0.29) is 5.82 Å². The van der Waals surface area contributed by atoms with E-state index in [2.05, 4.69) is 21.2 Å². The van der Waals surface area contributed by atoms with E-state index in [0.29, 0.717) is 6.54 Å². The third-order valence-electron chi connectivity index (χ3n) is 2.81. The van der Waals surface area contributed by atoms with Gasteiger partial charge in [-0.1, -0.05) is 28.1 Å². The Morgan fingerprint density at radius 3 is 2.63 bits per heavy atom. The van der Waals surface area contributed by atoms with E-state index in [1.807, 2.05) is 43.3 Å². The lowest BCUT2D eigenvalue weighted by molar-refractivity contribution is 0.626. The molecule has 0 spiro atoms. The van der Waals surface area contributed by atoms with Crippen LogP contribution in [-0.2, 0) is 6.54 Å². The maximum atomic E-state index is 13.1. The lowest BCUT2D eigenvalue weighted by atomic mass is 10.2. The largest absolute Gasteiger partial charge is 0.379 e.